The van der Waals surface area contributed by atoms with E-state index in [9.17, 15) is 4.79 Å². The minimum Gasteiger partial charge on any atom is -0.469 e. The van der Waals surface area contributed by atoms with E-state index in [1.54, 1.807) is 6.26 Å². The highest BCUT2D eigenvalue weighted by Gasteiger charge is 2.20. The molecule has 0 unspecified atom stereocenters. The van der Waals surface area contributed by atoms with Gasteiger partial charge in [-0.15, -0.1) is 0 Å². The first-order chi connectivity index (χ1) is 10.7. The lowest BCUT2D eigenvalue weighted by atomic mass is 10.2. The van der Waals surface area contributed by atoms with E-state index in [1.807, 2.05) is 36.2 Å². The Bertz CT molecular complexity index is 634. The number of pyridine rings is 1. The molecule has 0 aliphatic carbocycles. The number of hydrogen-bond donors (Lipinski definition) is 1. The molecule has 22 heavy (non-hydrogen) atoms. The summed E-state index contributed by atoms with van der Waals surface area (Å²) in [6, 6.07) is 5.99. The van der Waals surface area contributed by atoms with Gasteiger partial charge < -0.3 is 14.6 Å². The smallest absolute Gasteiger partial charge is 0.317 e. The fourth-order valence-electron chi connectivity index (χ4n) is 2.67. The number of carbonyl (C=O) groups excluding carboxylic acids is 1. The normalized spacial score (nSPS) is 14.3. The van der Waals surface area contributed by atoms with Crippen LogP contribution in [0.1, 0.15) is 29.0 Å². The zero-order valence-electron chi connectivity index (χ0n) is 12.8. The van der Waals surface area contributed by atoms with Crippen LogP contribution in [0.4, 0.5) is 4.79 Å². The maximum Gasteiger partial charge on any atom is 0.317 e. The third-order valence-corrected chi connectivity index (χ3v) is 3.95. The van der Waals surface area contributed by atoms with Crippen molar-refractivity contribution in [3.8, 4) is 0 Å². The van der Waals surface area contributed by atoms with E-state index in [0.29, 0.717) is 13.1 Å². The van der Waals surface area contributed by atoms with Gasteiger partial charge in [-0.1, -0.05) is 6.07 Å². The molecule has 0 fully saturated rings. The summed E-state index contributed by atoms with van der Waals surface area (Å²) in [5, 5.41) is 2.98. The number of aromatic nitrogens is 1. The Morgan fingerprint density at radius 3 is 3.14 bits per heavy atom. The molecule has 2 amide bonds. The van der Waals surface area contributed by atoms with Gasteiger partial charge in [0, 0.05) is 43.4 Å². The summed E-state index contributed by atoms with van der Waals surface area (Å²) in [5.41, 5.74) is 3.26. The summed E-state index contributed by atoms with van der Waals surface area (Å²) in [4.78, 5) is 18.5. The molecule has 0 saturated carbocycles. The van der Waals surface area contributed by atoms with Gasteiger partial charge >= 0.3 is 6.03 Å². The third-order valence-electron chi connectivity index (χ3n) is 3.95. The molecule has 0 spiro atoms. The fraction of sp³-hybridized carbons (Fsp3) is 0.412. The van der Waals surface area contributed by atoms with Gasteiger partial charge in [0.15, 0.2) is 0 Å². The number of carbonyl (C=O) groups is 1. The predicted octanol–water partition coefficient (Wildman–Crippen LogP) is 2.68. The van der Waals surface area contributed by atoms with Crippen molar-refractivity contribution in [2.24, 2.45) is 0 Å². The molecule has 2 aromatic rings. The number of nitrogens with one attached hydrogen (secondary N) is 1. The molecule has 3 heterocycles. The largest absolute Gasteiger partial charge is 0.469 e. The van der Waals surface area contributed by atoms with Crippen molar-refractivity contribution < 1.29 is 9.21 Å². The maximum absolute atomic E-state index is 12.3. The third kappa shape index (κ3) is 3.47. The molecular weight excluding hydrogens is 278 g/mol. The summed E-state index contributed by atoms with van der Waals surface area (Å²) in [5.74, 6) is 1.01. The monoisotopic (exact) mass is 299 g/mol. The van der Waals surface area contributed by atoms with Gasteiger partial charge in [-0.2, -0.15) is 0 Å². The molecule has 116 valence electrons. The van der Waals surface area contributed by atoms with Gasteiger partial charge in [-0.05, 0) is 31.0 Å². The van der Waals surface area contributed by atoms with Crippen molar-refractivity contribution in [2.75, 3.05) is 13.1 Å². The molecule has 5 nitrogen and oxygen atoms in total. The second-order valence-electron chi connectivity index (χ2n) is 5.70. The highest BCUT2D eigenvalue weighted by atomic mass is 16.3. The van der Waals surface area contributed by atoms with Crippen molar-refractivity contribution in [1.82, 2.24) is 15.2 Å². The first kappa shape index (κ1) is 14.6. The topological polar surface area (TPSA) is 58.4 Å². The molecule has 0 atom stereocenters. The van der Waals surface area contributed by atoms with Crippen LogP contribution in [0.5, 0.6) is 0 Å². The maximum atomic E-state index is 12.3. The van der Waals surface area contributed by atoms with Crippen LogP contribution in [0.25, 0.3) is 0 Å². The molecule has 2 aromatic heterocycles. The van der Waals surface area contributed by atoms with E-state index in [-0.39, 0.29) is 6.03 Å². The van der Waals surface area contributed by atoms with E-state index in [0.717, 1.165) is 48.4 Å². The first-order valence-electron chi connectivity index (χ1n) is 7.72. The second kappa shape index (κ2) is 6.64. The van der Waals surface area contributed by atoms with Gasteiger partial charge in [0.2, 0.25) is 0 Å². The molecule has 0 radical (unpaired) electrons. The van der Waals surface area contributed by atoms with Crippen LogP contribution >= 0.6 is 0 Å². The fourth-order valence-corrected chi connectivity index (χ4v) is 2.67. The summed E-state index contributed by atoms with van der Waals surface area (Å²) >= 11 is 0. The van der Waals surface area contributed by atoms with Crippen molar-refractivity contribution >= 4 is 6.03 Å². The summed E-state index contributed by atoms with van der Waals surface area (Å²) in [6.45, 7) is 4.00. The van der Waals surface area contributed by atoms with Gasteiger partial charge in [0.25, 0.3) is 0 Å². The number of rotatable bonds is 3. The quantitative estimate of drug-likeness (QED) is 0.948. The van der Waals surface area contributed by atoms with Crippen LogP contribution in [0.15, 0.2) is 35.1 Å². The Hall–Kier alpha value is -2.30. The Morgan fingerprint density at radius 2 is 2.32 bits per heavy atom. The van der Waals surface area contributed by atoms with Crippen molar-refractivity contribution in [2.45, 2.75) is 32.7 Å². The van der Waals surface area contributed by atoms with Gasteiger partial charge in [-0.3, -0.25) is 4.98 Å². The van der Waals surface area contributed by atoms with Gasteiger partial charge in [-0.25, -0.2) is 4.79 Å². The first-order valence-corrected chi connectivity index (χ1v) is 7.72. The molecule has 3 rings (SSSR count). The van der Waals surface area contributed by atoms with Gasteiger partial charge in [0.05, 0.1) is 12.8 Å². The molecule has 0 aromatic carbocycles. The average molecular weight is 299 g/mol. The van der Waals surface area contributed by atoms with E-state index >= 15 is 0 Å². The molecular formula is C17H21N3O2. The highest BCUT2D eigenvalue weighted by Crippen LogP contribution is 2.19. The Kier molecular flexibility index (Phi) is 4.42. The molecule has 1 aliphatic heterocycles. The number of nitrogens with zero attached hydrogens (tertiary/aromatic N) is 2. The number of hydrogen-bond acceptors (Lipinski definition) is 3. The highest BCUT2D eigenvalue weighted by molar-refractivity contribution is 5.74. The average Bonchev–Trinajstić information content (AvgIpc) is 2.86. The number of fused-ring (bicyclic) bond motifs is 1. The van der Waals surface area contributed by atoms with Crippen molar-refractivity contribution in [3.63, 3.8) is 0 Å². The van der Waals surface area contributed by atoms with Crippen LogP contribution in [0.2, 0.25) is 0 Å². The van der Waals surface area contributed by atoms with E-state index < -0.39 is 0 Å². The summed E-state index contributed by atoms with van der Waals surface area (Å²) < 4.78 is 5.45. The van der Waals surface area contributed by atoms with Crippen molar-refractivity contribution in [1.29, 1.82) is 0 Å². The Labute approximate surface area is 130 Å². The van der Waals surface area contributed by atoms with Crippen LogP contribution in [0.3, 0.4) is 0 Å². The zero-order valence-corrected chi connectivity index (χ0v) is 12.8. The number of aryl methyl sites for hydroxylation is 2. The van der Waals surface area contributed by atoms with Crippen LogP contribution in [-0.2, 0) is 19.4 Å². The number of amides is 2. The van der Waals surface area contributed by atoms with Crippen molar-refractivity contribution in [3.05, 3.63) is 53.2 Å². The Morgan fingerprint density at radius 1 is 1.41 bits per heavy atom. The number of urea groups is 1. The van der Waals surface area contributed by atoms with Crippen LogP contribution < -0.4 is 5.32 Å². The predicted molar refractivity (Wildman–Crippen MR) is 83.5 cm³/mol. The zero-order chi connectivity index (χ0) is 15.4. The van der Waals surface area contributed by atoms with Crippen LogP contribution in [-0.4, -0.2) is 29.0 Å². The summed E-state index contributed by atoms with van der Waals surface area (Å²) in [7, 11) is 0. The van der Waals surface area contributed by atoms with E-state index in [1.165, 1.54) is 0 Å². The number of furan rings is 1. The molecule has 5 heteroatoms. The lowest BCUT2D eigenvalue weighted by molar-refractivity contribution is 0.196. The summed E-state index contributed by atoms with van der Waals surface area (Å²) in [6.07, 6.45) is 6.14. The van der Waals surface area contributed by atoms with E-state index in [4.69, 9.17) is 4.42 Å². The molecule has 0 saturated heterocycles. The molecule has 1 aliphatic rings. The van der Waals surface area contributed by atoms with Gasteiger partial charge in [0.1, 0.15) is 5.76 Å². The lowest BCUT2D eigenvalue weighted by Gasteiger charge is -2.20. The molecule has 0 bridgehead atoms. The van der Waals surface area contributed by atoms with E-state index in [2.05, 4.69) is 10.3 Å². The SMILES string of the molecule is Cc1ccc(CCNC(=O)N2CCCc3occc3C2)nc1. The lowest BCUT2D eigenvalue weighted by Crippen LogP contribution is -2.40. The van der Waals surface area contributed by atoms with Crippen LogP contribution in [0, 0.1) is 6.92 Å². The standard InChI is InChI=1S/C17H21N3O2/c1-13-4-5-15(19-11-13)6-8-18-17(21)20-9-2-3-16-14(12-20)7-10-22-16/h4-5,7,10-11H,2-3,6,8-9,12H2,1H3,(H,18,21). The second-order valence-corrected chi connectivity index (χ2v) is 5.70. The molecule has 1 N–H and O–H groups in total. The Balaban J connectivity index is 1.50. The minimum atomic E-state index is -0.0128. The minimum absolute atomic E-state index is 0.0128.